The minimum absolute atomic E-state index is 0.00433. The van der Waals surface area contributed by atoms with Gasteiger partial charge in [0.05, 0.1) is 18.1 Å². The van der Waals surface area contributed by atoms with Crippen molar-refractivity contribution in [2.24, 2.45) is 0 Å². The minimum atomic E-state index is -3.14. The van der Waals surface area contributed by atoms with Gasteiger partial charge in [0.2, 0.25) is 10.0 Å². The Morgan fingerprint density at radius 3 is 3.05 bits per heavy atom. The van der Waals surface area contributed by atoms with E-state index in [1.165, 1.54) is 6.26 Å². The van der Waals surface area contributed by atoms with E-state index in [1.54, 1.807) is 0 Å². The van der Waals surface area contributed by atoms with Crippen LogP contribution in [0.25, 0.3) is 5.65 Å². The summed E-state index contributed by atoms with van der Waals surface area (Å²) >= 11 is 0. The topological polar surface area (TPSA) is 66.7 Å². The first-order valence-corrected chi connectivity index (χ1v) is 9.43. The van der Waals surface area contributed by atoms with Gasteiger partial charge in [-0.05, 0) is 37.9 Å². The van der Waals surface area contributed by atoms with Crippen LogP contribution in [-0.2, 0) is 16.6 Å². The van der Waals surface area contributed by atoms with E-state index in [2.05, 4.69) is 32.0 Å². The number of sulfonamides is 1. The highest BCUT2D eigenvalue weighted by Gasteiger charge is 2.23. The molecular formula is C15H22N4O2S. The summed E-state index contributed by atoms with van der Waals surface area (Å²) in [6, 6.07) is 4.08. The van der Waals surface area contributed by atoms with Crippen molar-refractivity contribution in [3.05, 3.63) is 35.8 Å². The summed E-state index contributed by atoms with van der Waals surface area (Å²) in [6.45, 7) is 4.57. The number of rotatable bonds is 4. The Morgan fingerprint density at radius 2 is 2.27 bits per heavy atom. The molecule has 7 heteroatoms. The first-order valence-electron chi connectivity index (χ1n) is 7.53. The second kappa shape index (κ2) is 5.98. The van der Waals surface area contributed by atoms with Gasteiger partial charge in [0, 0.05) is 25.3 Å². The van der Waals surface area contributed by atoms with Crippen LogP contribution in [0.5, 0.6) is 0 Å². The van der Waals surface area contributed by atoms with Crippen molar-refractivity contribution in [1.82, 2.24) is 19.0 Å². The molecule has 0 amide bonds. The molecule has 1 atom stereocenters. The van der Waals surface area contributed by atoms with Crippen molar-refractivity contribution >= 4 is 15.7 Å². The summed E-state index contributed by atoms with van der Waals surface area (Å²) in [5.74, 6) is 0. The summed E-state index contributed by atoms with van der Waals surface area (Å²) in [4.78, 5) is 6.78. The fourth-order valence-corrected chi connectivity index (χ4v) is 3.94. The number of aromatic nitrogens is 2. The van der Waals surface area contributed by atoms with Gasteiger partial charge in [0.1, 0.15) is 5.65 Å². The van der Waals surface area contributed by atoms with Gasteiger partial charge in [-0.15, -0.1) is 0 Å². The normalized spacial score (nSPS) is 20.5. The van der Waals surface area contributed by atoms with Gasteiger partial charge in [-0.2, -0.15) is 0 Å². The minimum Gasteiger partial charge on any atom is -0.303 e. The quantitative estimate of drug-likeness (QED) is 0.917. The van der Waals surface area contributed by atoms with Crippen LogP contribution in [0.2, 0.25) is 0 Å². The number of nitrogens with one attached hydrogen (secondary N) is 1. The molecule has 3 heterocycles. The molecule has 120 valence electrons. The van der Waals surface area contributed by atoms with Crippen LogP contribution in [0, 0.1) is 6.92 Å². The number of likely N-dealkylation sites (tertiary alicyclic amines) is 1. The molecule has 6 nitrogen and oxygen atoms in total. The lowest BCUT2D eigenvalue weighted by Gasteiger charge is -2.32. The summed E-state index contributed by atoms with van der Waals surface area (Å²) in [7, 11) is -3.14. The average molecular weight is 322 g/mol. The third-order valence-corrected chi connectivity index (χ3v) is 4.84. The van der Waals surface area contributed by atoms with Crippen molar-refractivity contribution < 1.29 is 8.42 Å². The zero-order valence-electron chi connectivity index (χ0n) is 13.0. The molecule has 3 rings (SSSR count). The summed E-state index contributed by atoms with van der Waals surface area (Å²) < 4.78 is 27.6. The van der Waals surface area contributed by atoms with E-state index < -0.39 is 10.0 Å². The second-order valence-corrected chi connectivity index (χ2v) is 7.88. The lowest BCUT2D eigenvalue weighted by atomic mass is 10.1. The van der Waals surface area contributed by atoms with Gasteiger partial charge in [-0.3, -0.25) is 4.90 Å². The smallest absolute Gasteiger partial charge is 0.208 e. The predicted octanol–water partition coefficient (Wildman–Crippen LogP) is 1.16. The maximum absolute atomic E-state index is 11.4. The molecule has 1 fully saturated rings. The average Bonchev–Trinajstić information content (AvgIpc) is 2.82. The molecular weight excluding hydrogens is 300 g/mol. The van der Waals surface area contributed by atoms with Crippen LogP contribution in [0.1, 0.15) is 24.1 Å². The maximum Gasteiger partial charge on any atom is 0.208 e. The van der Waals surface area contributed by atoms with E-state index in [0.717, 1.165) is 49.4 Å². The van der Waals surface area contributed by atoms with Crippen molar-refractivity contribution in [3.8, 4) is 0 Å². The SMILES string of the molecule is Cc1cccn2c(CN3CCC[C@H](NS(C)(=O)=O)C3)cnc12. The van der Waals surface area contributed by atoms with Crippen molar-refractivity contribution in [3.63, 3.8) is 0 Å². The highest BCUT2D eigenvalue weighted by atomic mass is 32.2. The van der Waals surface area contributed by atoms with E-state index in [-0.39, 0.29) is 6.04 Å². The van der Waals surface area contributed by atoms with Crippen LogP contribution < -0.4 is 4.72 Å². The highest BCUT2D eigenvalue weighted by molar-refractivity contribution is 7.88. The number of hydrogen-bond acceptors (Lipinski definition) is 4. The van der Waals surface area contributed by atoms with E-state index in [9.17, 15) is 8.42 Å². The molecule has 2 aromatic heterocycles. The fraction of sp³-hybridized carbons (Fsp3) is 0.533. The first kappa shape index (κ1) is 15.5. The fourth-order valence-electron chi connectivity index (χ4n) is 3.15. The van der Waals surface area contributed by atoms with E-state index in [1.807, 2.05) is 18.5 Å². The molecule has 1 saturated heterocycles. The Bertz CT molecular complexity index is 769. The number of nitrogens with zero attached hydrogens (tertiary/aromatic N) is 3. The van der Waals surface area contributed by atoms with Crippen LogP contribution in [0.3, 0.4) is 0 Å². The predicted molar refractivity (Wildman–Crippen MR) is 86.2 cm³/mol. The van der Waals surface area contributed by atoms with Crippen LogP contribution in [0.15, 0.2) is 24.5 Å². The lowest BCUT2D eigenvalue weighted by molar-refractivity contribution is 0.192. The zero-order chi connectivity index (χ0) is 15.7. The molecule has 0 radical (unpaired) electrons. The first-order chi connectivity index (χ1) is 10.4. The zero-order valence-corrected chi connectivity index (χ0v) is 13.8. The van der Waals surface area contributed by atoms with Crippen LogP contribution >= 0.6 is 0 Å². The van der Waals surface area contributed by atoms with Gasteiger partial charge >= 0.3 is 0 Å². The van der Waals surface area contributed by atoms with Crippen molar-refractivity contribution in [2.45, 2.75) is 32.4 Å². The van der Waals surface area contributed by atoms with Gasteiger partial charge in [0.25, 0.3) is 0 Å². The third-order valence-electron chi connectivity index (χ3n) is 4.08. The molecule has 1 aliphatic heterocycles. The van der Waals surface area contributed by atoms with Gasteiger partial charge in [0.15, 0.2) is 0 Å². The molecule has 0 spiro atoms. The number of pyridine rings is 1. The van der Waals surface area contributed by atoms with Crippen LogP contribution in [-0.4, -0.2) is 48.1 Å². The molecule has 0 unspecified atom stereocenters. The lowest BCUT2D eigenvalue weighted by Crippen LogP contribution is -2.47. The molecule has 0 aliphatic carbocycles. The molecule has 0 saturated carbocycles. The highest BCUT2D eigenvalue weighted by Crippen LogP contribution is 2.16. The Hall–Kier alpha value is -1.44. The molecule has 22 heavy (non-hydrogen) atoms. The Kier molecular flexibility index (Phi) is 4.20. The molecule has 0 aromatic carbocycles. The van der Waals surface area contributed by atoms with E-state index >= 15 is 0 Å². The molecule has 0 bridgehead atoms. The Labute approximate surface area is 131 Å². The molecule has 2 aromatic rings. The summed E-state index contributed by atoms with van der Waals surface area (Å²) in [5.41, 5.74) is 3.28. The number of aryl methyl sites for hydroxylation is 1. The van der Waals surface area contributed by atoms with Crippen molar-refractivity contribution in [1.29, 1.82) is 0 Å². The monoisotopic (exact) mass is 322 g/mol. The number of hydrogen-bond donors (Lipinski definition) is 1. The number of piperidine rings is 1. The summed E-state index contributed by atoms with van der Waals surface area (Å²) in [6.07, 6.45) is 7.06. The Morgan fingerprint density at radius 1 is 1.45 bits per heavy atom. The van der Waals surface area contributed by atoms with E-state index in [4.69, 9.17) is 0 Å². The largest absolute Gasteiger partial charge is 0.303 e. The Balaban J connectivity index is 1.73. The number of fused-ring (bicyclic) bond motifs is 1. The van der Waals surface area contributed by atoms with Gasteiger partial charge < -0.3 is 4.40 Å². The summed E-state index contributed by atoms with van der Waals surface area (Å²) in [5, 5.41) is 0. The second-order valence-electron chi connectivity index (χ2n) is 6.10. The standard InChI is InChI=1S/C15H22N4O2S/c1-12-5-3-8-19-14(9-16-15(12)19)11-18-7-4-6-13(10-18)17-22(2,20)21/h3,5,8-9,13,17H,4,6-7,10-11H2,1-2H3/t13-/m0/s1. The van der Waals surface area contributed by atoms with E-state index in [0.29, 0.717) is 0 Å². The number of imidazole rings is 1. The van der Waals surface area contributed by atoms with Gasteiger partial charge in [-0.25, -0.2) is 18.1 Å². The molecule has 1 aliphatic rings. The van der Waals surface area contributed by atoms with Gasteiger partial charge in [-0.1, -0.05) is 6.07 Å². The van der Waals surface area contributed by atoms with Crippen LogP contribution in [0.4, 0.5) is 0 Å². The maximum atomic E-state index is 11.4. The van der Waals surface area contributed by atoms with Crippen molar-refractivity contribution in [2.75, 3.05) is 19.3 Å². The third kappa shape index (κ3) is 3.48. The molecule has 1 N–H and O–H groups in total.